The molecule has 9 nitrogen and oxygen atoms in total. The third-order valence-corrected chi connectivity index (χ3v) is 15.8. The summed E-state index contributed by atoms with van der Waals surface area (Å²) in [5.41, 5.74) is 2.32. The van der Waals surface area contributed by atoms with Crippen LogP contribution in [0, 0.1) is 5.92 Å². The maximum absolute atomic E-state index is 15.3. The van der Waals surface area contributed by atoms with E-state index in [0.29, 0.717) is 19.5 Å². The van der Waals surface area contributed by atoms with Gasteiger partial charge in [-0.15, -0.1) is 0 Å². The maximum Gasteiger partial charge on any atom is 0.268 e. The highest BCUT2D eigenvalue weighted by Crippen LogP contribution is 2.61. The van der Waals surface area contributed by atoms with E-state index < -0.39 is 19.8 Å². The molecule has 0 bridgehead atoms. The van der Waals surface area contributed by atoms with Crippen molar-refractivity contribution in [2.45, 2.75) is 63.1 Å². The molecule has 4 atom stereocenters. The molecule has 7 rings (SSSR count). The Morgan fingerprint density at radius 3 is 2.29 bits per heavy atom. The van der Waals surface area contributed by atoms with Gasteiger partial charge in [0.25, 0.3) is 5.91 Å². The van der Waals surface area contributed by atoms with Crippen LogP contribution in [0.5, 0.6) is 5.75 Å². The number of fused-ring (bicyclic) bond motifs is 2. The number of hydrogen-bond acceptors (Lipinski definition) is 6. The van der Waals surface area contributed by atoms with Crippen LogP contribution in [0.3, 0.4) is 0 Å². The van der Waals surface area contributed by atoms with E-state index in [2.05, 4.69) is 32.2 Å². The van der Waals surface area contributed by atoms with Crippen LogP contribution in [0.4, 0.5) is 17.1 Å². The Bertz CT molecular complexity index is 1940. The third-order valence-electron chi connectivity index (χ3n) is 11.4. The molecule has 10 heteroatoms. The molecule has 2 fully saturated rings. The van der Waals surface area contributed by atoms with Crippen molar-refractivity contribution in [2.24, 2.45) is 5.92 Å². The highest BCUT2D eigenvalue weighted by molar-refractivity contribution is 6.91. The summed E-state index contributed by atoms with van der Waals surface area (Å²) in [6.45, 7) is 7.68. The van der Waals surface area contributed by atoms with E-state index in [9.17, 15) is 14.7 Å². The zero-order valence-electron chi connectivity index (χ0n) is 30.3. The molecule has 3 aliphatic heterocycles. The first-order valence-corrected chi connectivity index (χ1v) is 21.3. The van der Waals surface area contributed by atoms with Crippen LogP contribution in [0.15, 0.2) is 103 Å². The molecular weight excluding hydrogens is 671 g/mol. The van der Waals surface area contributed by atoms with Gasteiger partial charge in [0.05, 0.1) is 40.0 Å². The molecule has 0 saturated carbocycles. The fourth-order valence-electron chi connectivity index (χ4n) is 8.87. The van der Waals surface area contributed by atoms with E-state index in [0.717, 1.165) is 40.4 Å². The second-order valence-electron chi connectivity index (χ2n) is 14.7. The lowest BCUT2D eigenvalue weighted by Gasteiger charge is -2.37. The van der Waals surface area contributed by atoms with Crippen LogP contribution >= 0.6 is 0 Å². The number of aliphatic hydroxyl groups is 1. The second kappa shape index (κ2) is 14.3. The van der Waals surface area contributed by atoms with Crippen LogP contribution in [0.25, 0.3) is 0 Å². The summed E-state index contributed by atoms with van der Waals surface area (Å²) in [7, 11) is -0.886. The predicted octanol–water partition coefficient (Wildman–Crippen LogP) is 6.13. The minimum atomic E-state index is -2.53. The molecule has 3 heterocycles. The lowest BCUT2D eigenvalue weighted by molar-refractivity contribution is -0.149. The highest BCUT2D eigenvalue weighted by Gasteiger charge is 2.67. The molecular formula is C42H47N3O6Si. The first-order chi connectivity index (χ1) is 25.1. The van der Waals surface area contributed by atoms with Crippen LogP contribution in [-0.4, -0.2) is 68.7 Å². The van der Waals surface area contributed by atoms with Crippen molar-refractivity contribution in [2.75, 3.05) is 36.6 Å². The van der Waals surface area contributed by atoms with E-state index in [1.54, 1.807) is 21.8 Å². The Balaban J connectivity index is 1.35. The predicted molar refractivity (Wildman–Crippen MR) is 205 cm³/mol. The van der Waals surface area contributed by atoms with Gasteiger partial charge in [0.2, 0.25) is 11.8 Å². The number of ether oxygens (including phenoxy) is 2. The van der Waals surface area contributed by atoms with Gasteiger partial charge in [0.15, 0.2) is 5.60 Å². The summed E-state index contributed by atoms with van der Waals surface area (Å²) in [5.74, 6) is 0.158. The summed E-state index contributed by atoms with van der Waals surface area (Å²) < 4.78 is 12.8. The maximum atomic E-state index is 15.3. The number of carbonyl (C=O) groups excluding carboxylic acids is 3. The molecule has 1 spiro atoms. The van der Waals surface area contributed by atoms with Gasteiger partial charge < -0.3 is 24.4 Å². The topological polar surface area (TPSA) is 99.6 Å². The van der Waals surface area contributed by atoms with Gasteiger partial charge in [-0.25, -0.2) is 0 Å². The molecule has 0 radical (unpaired) electrons. The number of carbonyl (C=O) groups is 3. The monoisotopic (exact) mass is 717 g/mol. The number of nitrogens with zero attached hydrogens (tertiary/aromatic N) is 3. The van der Waals surface area contributed by atoms with Crippen molar-refractivity contribution < 1.29 is 29.0 Å². The van der Waals surface area contributed by atoms with E-state index >= 15 is 4.79 Å². The Morgan fingerprint density at radius 2 is 1.65 bits per heavy atom. The number of methoxy groups -OCH3 is 1. The molecule has 3 aliphatic rings. The van der Waals surface area contributed by atoms with Crippen LogP contribution in [-0.2, 0) is 31.3 Å². The van der Waals surface area contributed by atoms with Crippen molar-refractivity contribution in [3.8, 4) is 5.75 Å². The fraction of sp³-hybridized carbons (Fsp3) is 0.357. The average Bonchev–Trinajstić information content (AvgIpc) is 3.80. The smallest absolute Gasteiger partial charge is 0.268 e. The first-order valence-electron chi connectivity index (χ1n) is 18.2. The largest absolute Gasteiger partial charge is 0.497 e. The molecule has 270 valence electrons. The fourth-order valence-corrected chi connectivity index (χ4v) is 12.9. The molecule has 4 aromatic carbocycles. The third kappa shape index (κ3) is 6.12. The number of amides is 3. The average molecular weight is 718 g/mol. The zero-order chi connectivity index (χ0) is 36.6. The molecule has 4 aromatic rings. The van der Waals surface area contributed by atoms with Gasteiger partial charge >= 0.3 is 0 Å². The quantitative estimate of drug-likeness (QED) is 0.188. The molecule has 52 heavy (non-hydrogen) atoms. The van der Waals surface area contributed by atoms with E-state index in [1.807, 2.05) is 91.0 Å². The number of hydrogen-bond donors (Lipinski definition) is 1. The van der Waals surface area contributed by atoms with Gasteiger partial charge in [-0.2, -0.15) is 0 Å². The molecule has 2 saturated heterocycles. The van der Waals surface area contributed by atoms with Gasteiger partial charge in [-0.05, 0) is 60.0 Å². The Labute approximate surface area is 306 Å². The highest BCUT2D eigenvalue weighted by atomic mass is 28.3. The van der Waals surface area contributed by atoms with Crippen molar-refractivity contribution >= 4 is 48.0 Å². The Morgan fingerprint density at radius 1 is 0.962 bits per heavy atom. The SMILES string of the molecule is COc1ccc([Si](C)(C)[C@@H]2[C@@H](CC(=O)N(CCO)Cc3ccccc3)O[C@]3(C(=O)N(c4ccccc4)c4ccc(N5CCCC5=O)cc43)[C@H]2C)cc1. The van der Waals surface area contributed by atoms with Gasteiger partial charge in [-0.1, -0.05) is 85.9 Å². The number of aliphatic hydroxyl groups excluding tert-OH is 1. The van der Waals surface area contributed by atoms with Crippen LogP contribution in [0.1, 0.15) is 37.3 Å². The van der Waals surface area contributed by atoms with Crippen molar-refractivity contribution in [1.29, 1.82) is 0 Å². The molecule has 0 aliphatic carbocycles. The number of benzene rings is 4. The van der Waals surface area contributed by atoms with Gasteiger partial charge in [0.1, 0.15) is 5.75 Å². The zero-order valence-corrected chi connectivity index (χ0v) is 31.3. The van der Waals surface area contributed by atoms with E-state index in [1.165, 1.54) is 5.19 Å². The van der Waals surface area contributed by atoms with Crippen molar-refractivity contribution in [1.82, 2.24) is 4.90 Å². The van der Waals surface area contributed by atoms with Gasteiger partial charge in [-0.3, -0.25) is 19.3 Å². The minimum Gasteiger partial charge on any atom is -0.497 e. The summed E-state index contributed by atoms with van der Waals surface area (Å²) >= 11 is 0. The van der Waals surface area contributed by atoms with Crippen LogP contribution in [0.2, 0.25) is 18.6 Å². The summed E-state index contributed by atoms with van der Waals surface area (Å²) in [5, 5.41) is 11.2. The first kappa shape index (κ1) is 35.6. The minimum absolute atomic E-state index is 0.0500. The standard InChI is InChI=1S/C42H47N3O6Si/c1-29-40(52(3,4)34-20-18-33(50-2)19-21-34)37(27-39(48)43(24-25-46)28-30-12-7-5-8-13-30)51-42(29)35-26-32(44-23-11-16-38(44)47)17-22-36(35)45(41(42)49)31-14-9-6-10-15-31/h5-10,12-15,17-22,26,29,37,40,46H,11,16,23-25,27-28H2,1-4H3/t29-,37+,40-,42+/m0/s1. The van der Waals surface area contributed by atoms with E-state index in [-0.39, 0.29) is 48.8 Å². The van der Waals surface area contributed by atoms with Gasteiger partial charge in [0, 0.05) is 48.9 Å². The second-order valence-corrected chi connectivity index (χ2v) is 19.4. The van der Waals surface area contributed by atoms with E-state index in [4.69, 9.17) is 9.47 Å². The molecule has 1 N–H and O–H groups in total. The molecule has 0 unspecified atom stereocenters. The Kier molecular flexibility index (Phi) is 9.82. The van der Waals surface area contributed by atoms with Crippen molar-refractivity contribution in [3.63, 3.8) is 0 Å². The lowest BCUT2D eigenvalue weighted by Crippen LogP contribution is -2.52. The number of rotatable bonds is 11. The summed E-state index contributed by atoms with van der Waals surface area (Å²) in [6.07, 6.45) is 0.720. The lowest BCUT2D eigenvalue weighted by atomic mass is 9.82. The summed E-state index contributed by atoms with van der Waals surface area (Å²) in [6, 6.07) is 33.3. The number of para-hydroxylation sites is 1. The van der Waals surface area contributed by atoms with Crippen molar-refractivity contribution in [3.05, 3.63) is 114 Å². The van der Waals surface area contributed by atoms with Crippen LogP contribution < -0.4 is 19.7 Å². The number of anilines is 3. The Hall–Kier alpha value is -4.77. The molecule has 0 aromatic heterocycles. The summed E-state index contributed by atoms with van der Waals surface area (Å²) in [4.78, 5) is 47.9. The molecule has 3 amide bonds. The normalized spacial score (nSPS) is 22.7.